The van der Waals surface area contributed by atoms with Crippen LogP contribution in [0.4, 0.5) is 10.5 Å². The van der Waals surface area contributed by atoms with E-state index in [2.05, 4.69) is 15.3 Å². The molecular formula is C17H20N4O2S. The van der Waals surface area contributed by atoms with Crippen LogP contribution in [0.2, 0.25) is 0 Å². The van der Waals surface area contributed by atoms with Gasteiger partial charge in [0.25, 0.3) is 0 Å². The van der Waals surface area contributed by atoms with Crippen molar-refractivity contribution in [2.75, 3.05) is 18.4 Å². The molecule has 1 aromatic carbocycles. The number of aliphatic hydroxyl groups is 1. The number of nitrogens with one attached hydrogen (secondary N) is 1. The van der Waals surface area contributed by atoms with Crippen molar-refractivity contribution in [2.45, 2.75) is 35.9 Å². The van der Waals surface area contributed by atoms with Gasteiger partial charge >= 0.3 is 6.03 Å². The van der Waals surface area contributed by atoms with Crippen LogP contribution in [0.5, 0.6) is 0 Å². The zero-order chi connectivity index (χ0) is 16.9. The third-order valence-corrected chi connectivity index (χ3v) is 4.76. The van der Waals surface area contributed by atoms with Crippen LogP contribution in [-0.4, -0.2) is 45.2 Å². The molecule has 1 atom stereocenters. The number of nitrogens with zero attached hydrogens (tertiary/aromatic N) is 3. The lowest BCUT2D eigenvalue weighted by atomic mass is 10.1. The lowest BCUT2D eigenvalue weighted by molar-refractivity contribution is 0.0883. The summed E-state index contributed by atoms with van der Waals surface area (Å²) in [6.45, 7) is 3.03. The van der Waals surface area contributed by atoms with E-state index in [1.165, 1.54) is 11.8 Å². The van der Waals surface area contributed by atoms with Gasteiger partial charge < -0.3 is 15.3 Å². The van der Waals surface area contributed by atoms with E-state index in [1.807, 2.05) is 25.1 Å². The minimum absolute atomic E-state index is 0.163. The van der Waals surface area contributed by atoms with E-state index in [1.54, 1.807) is 23.4 Å². The van der Waals surface area contributed by atoms with Crippen LogP contribution in [0.1, 0.15) is 18.4 Å². The molecule has 0 spiro atoms. The van der Waals surface area contributed by atoms with Gasteiger partial charge in [0, 0.05) is 36.1 Å². The average Bonchev–Trinajstić information content (AvgIpc) is 2.58. The van der Waals surface area contributed by atoms with Gasteiger partial charge in [0.1, 0.15) is 0 Å². The highest BCUT2D eigenvalue weighted by Gasteiger charge is 2.22. The zero-order valence-corrected chi connectivity index (χ0v) is 14.3. The Kier molecular flexibility index (Phi) is 5.32. The fraction of sp³-hybridized carbons (Fsp3) is 0.353. The number of aryl methyl sites for hydroxylation is 1. The van der Waals surface area contributed by atoms with E-state index in [-0.39, 0.29) is 6.03 Å². The van der Waals surface area contributed by atoms with Crippen LogP contribution < -0.4 is 5.32 Å². The average molecular weight is 344 g/mol. The first-order valence-corrected chi connectivity index (χ1v) is 8.73. The number of piperidine rings is 1. The van der Waals surface area contributed by atoms with Crippen molar-refractivity contribution in [2.24, 2.45) is 0 Å². The summed E-state index contributed by atoms with van der Waals surface area (Å²) in [5.41, 5.74) is 1.75. The number of β-amino-alcohol motifs (C(OH)–C–C–N with tert-alkyl or cyclic N) is 1. The Bertz CT molecular complexity index is 711. The largest absolute Gasteiger partial charge is 0.391 e. The zero-order valence-electron chi connectivity index (χ0n) is 13.5. The van der Waals surface area contributed by atoms with Gasteiger partial charge in [-0.15, -0.1) is 0 Å². The van der Waals surface area contributed by atoms with Gasteiger partial charge in [-0.2, -0.15) is 0 Å². The number of anilines is 1. The van der Waals surface area contributed by atoms with Crippen molar-refractivity contribution < 1.29 is 9.90 Å². The molecule has 2 amide bonds. The number of likely N-dealkylation sites (tertiary alicyclic amines) is 1. The van der Waals surface area contributed by atoms with Crippen molar-refractivity contribution in [3.63, 3.8) is 0 Å². The van der Waals surface area contributed by atoms with E-state index in [0.29, 0.717) is 18.2 Å². The van der Waals surface area contributed by atoms with Gasteiger partial charge in [-0.05, 0) is 61.4 Å². The van der Waals surface area contributed by atoms with E-state index in [0.717, 1.165) is 29.0 Å². The summed E-state index contributed by atoms with van der Waals surface area (Å²) in [6.07, 6.45) is 4.60. The van der Waals surface area contributed by atoms with E-state index < -0.39 is 6.10 Å². The van der Waals surface area contributed by atoms with Crippen molar-refractivity contribution >= 4 is 23.5 Å². The Morgan fingerprint density at radius 2 is 2.17 bits per heavy atom. The van der Waals surface area contributed by atoms with Gasteiger partial charge in [0.15, 0.2) is 5.16 Å². The molecule has 0 saturated carbocycles. The van der Waals surface area contributed by atoms with Crippen molar-refractivity contribution in [1.82, 2.24) is 14.9 Å². The fourth-order valence-electron chi connectivity index (χ4n) is 2.62. The molecule has 6 nitrogen and oxygen atoms in total. The van der Waals surface area contributed by atoms with Crippen LogP contribution in [0.15, 0.2) is 46.7 Å². The predicted molar refractivity (Wildman–Crippen MR) is 93.2 cm³/mol. The van der Waals surface area contributed by atoms with Crippen molar-refractivity contribution in [3.8, 4) is 0 Å². The normalized spacial score (nSPS) is 17.6. The van der Waals surface area contributed by atoms with E-state index in [9.17, 15) is 9.90 Å². The number of carbonyl (C=O) groups is 1. The van der Waals surface area contributed by atoms with E-state index >= 15 is 0 Å². The van der Waals surface area contributed by atoms with Gasteiger partial charge in [-0.3, -0.25) is 0 Å². The number of urea groups is 1. The maximum Gasteiger partial charge on any atom is 0.321 e. The lowest BCUT2D eigenvalue weighted by Crippen LogP contribution is -2.44. The van der Waals surface area contributed by atoms with Crippen LogP contribution in [0, 0.1) is 6.92 Å². The summed E-state index contributed by atoms with van der Waals surface area (Å²) in [5, 5.41) is 13.3. The summed E-state index contributed by atoms with van der Waals surface area (Å²) in [7, 11) is 0. The van der Waals surface area contributed by atoms with Crippen LogP contribution in [-0.2, 0) is 0 Å². The molecule has 24 heavy (non-hydrogen) atoms. The van der Waals surface area contributed by atoms with Crippen LogP contribution in [0.3, 0.4) is 0 Å². The fourth-order valence-corrected chi connectivity index (χ4v) is 3.43. The summed E-state index contributed by atoms with van der Waals surface area (Å²) < 4.78 is 0. The van der Waals surface area contributed by atoms with Gasteiger partial charge in [0.2, 0.25) is 0 Å². The molecule has 2 heterocycles. The summed E-state index contributed by atoms with van der Waals surface area (Å²) >= 11 is 1.48. The Hall–Kier alpha value is -2.12. The Morgan fingerprint density at radius 1 is 1.38 bits per heavy atom. The maximum absolute atomic E-state index is 12.3. The highest BCUT2D eigenvalue weighted by molar-refractivity contribution is 7.99. The highest BCUT2D eigenvalue weighted by atomic mass is 32.2. The summed E-state index contributed by atoms with van der Waals surface area (Å²) in [5.74, 6) is 0. The Labute approximate surface area is 145 Å². The SMILES string of the molecule is Cc1cc(Sc2ncccn2)ccc1NC(=O)N1CCCC(O)C1. The molecule has 0 radical (unpaired) electrons. The minimum atomic E-state index is -0.421. The molecule has 1 aliphatic heterocycles. The molecule has 2 aromatic rings. The third kappa shape index (κ3) is 4.24. The standard InChI is InChI=1S/C17H20N4O2S/c1-12-10-14(24-16-18-7-3-8-19-16)5-6-15(12)20-17(23)21-9-2-4-13(22)11-21/h3,5-8,10,13,22H,2,4,9,11H2,1H3,(H,20,23). The first kappa shape index (κ1) is 16.7. The molecule has 126 valence electrons. The monoisotopic (exact) mass is 344 g/mol. The molecule has 1 unspecified atom stereocenters. The highest BCUT2D eigenvalue weighted by Crippen LogP contribution is 2.28. The molecule has 2 N–H and O–H groups in total. The first-order chi connectivity index (χ1) is 11.6. The summed E-state index contributed by atoms with van der Waals surface area (Å²) in [6, 6.07) is 7.45. The molecule has 1 aliphatic rings. The number of amides is 2. The summed E-state index contributed by atoms with van der Waals surface area (Å²) in [4.78, 5) is 23.4. The number of aromatic nitrogens is 2. The predicted octanol–water partition coefficient (Wildman–Crippen LogP) is 2.92. The number of hydrogen-bond donors (Lipinski definition) is 2. The van der Waals surface area contributed by atoms with E-state index in [4.69, 9.17) is 0 Å². The van der Waals surface area contributed by atoms with Crippen molar-refractivity contribution in [1.29, 1.82) is 0 Å². The molecule has 3 rings (SSSR count). The minimum Gasteiger partial charge on any atom is -0.391 e. The third-order valence-electron chi connectivity index (χ3n) is 3.87. The maximum atomic E-state index is 12.3. The second kappa shape index (κ2) is 7.63. The topological polar surface area (TPSA) is 78.4 Å². The molecule has 1 saturated heterocycles. The number of hydrogen-bond acceptors (Lipinski definition) is 5. The Morgan fingerprint density at radius 3 is 2.88 bits per heavy atom. The quantitative estimate of drug-likeness (QED) is 0.837. The first-order valence-electron chi connectivity index (χ1n) is 7.91. The smallest absolute Gasteiger partial charge is 0.321 e. The number of benzene rings is 1. The molecule has 1 fully saturated rings. The second-order valence-electron chi connectivity index (χ2n) is 5.78. The number of rotatable bonds is 3. The Balaban J connectivity index is 1.65. The molecule has 0 aliphatic carbocycles. The van der Waals surface area contributed by atoms with Gasteiger partial charge in [0.05, 0.1) is 6.10 Å². The molecular weight excluding hydrogens is 324 g/mol. The van der Waals surface area contributed by atoms with Gasteiger partial charge in [-0.1, -0.05) is 0 Å². The second-order valence-corrected chi connectivity index (χ2v) is 6.82. The van der Waals surface area contributed by atoms with Crippen molar-refractivity contribution in [3.05, 3.63) is 42.2 Å². The molecule has 0 bridgehead atoms. The van der Waals surface area contributed by atoms with Crippen LogP contribution >= 0.6 is 11.8 Å². The lowest BCUT2D eigenvalue weighted by Gasteiger charge is -2.30. The molecule has 7 heteroatoms. The number of aliphatic hydroxyl groups excluding tert-OH is 1. The molecule has 1 aromatic heterocycles. The van der Waals surface area contributed by atoms with Crippen LogP contribution in [0.25, 0.3) is 0 Å². The number of carbonyl (C=O) groups excluding carboxylic acids is 1. The van der Waals surface area contributed by atoms with Gasteiger partial charge in [-0.25, -0.2) is 14.8 Å².